The van der Waals surface area contributed by atoms with E-state index in [0.717, 1.165) is 36.0 Å². The minimum absolute atomic E-state index is 0.258. The van der Waals surface area contributed by atoms with Crippen LogP contribution in [0.15, 0.2) is 28.7 Å². The summed E-state index contributed by atoms with van der Waals surface area (Å²) in [5.41, 5.74) is 0.980. The molecule has 0 bridgehead atoms. The molecule has 1 aliphatic rings. The van der Waals surface area contributed by atoms with Crippen LogP contribution in [0.4, 0.5) is 0 Å². The molecule has 2 atom stereocenters. The van der Waals surface area contributed by atoms with Crippen molar-refractivity contribution in [2.45, 2.75) is 25.0 Å². The van der Waals surface area contributed by atoms with E-state index in [2.05, 4.69) is 27.3 Å². The maximum atomic E-state index is 9.20. The minimum atomic E-state index is -0.283. The normalized spacial score (nSPS) is 21.1. The third-order valence-electron chi connectivity index (χ3n) is 2.92. The molecule has 0 amide bonds. The molecule has 1 heterocycles. The Morgan fingerprint density at radius 1 is 1.53 bits per heavy atom. The van der Waals surface area contributed by atoms with Crippen LogP contribution >= 0.6 is 15.9 Å². The van der Waals surface area contributed by atoms with Crippen LogP contribution in [0.5, 0.6) is 0 Å². The first-order chi connectivity index (χ1) is 8.31. The van der Waals surface area contributed by atoms with Crippen molar-refractivity contribution in [3.63, 3.8) is 0 Å². The van der Waals surface area contributed by atoms with Gasteiger partial charge in [0.15, 0.2) is 0 Å². The molecule has 90 valence electrons. The van der Waals surface area contributed by atoms with Crippen LogP contribution in [0.3, 0.4) is 0 Å². The molecule has 1 aliphatic heterocycles. The molecule has 0 saturated carbocycles. The molecular formula is C13H15BrN2O. The first-order valence-electron chi connectivity index (χ1n) is 5.80. The number of hydrogen-bond acceptors (Lipinski definition) is 3. The molecule has 1 N–H and O–H groups in total. The van der Waals surface area contributed by atoms with Crippen molar-refractivity contribution in [2.24, 2.45) is 0 Å². The zero-order valence-electron chi connectivity index (χ0n) is 9.53. The Bertz CT molecular complexity index is 410. The second kappa shape index (κ2) is 6.15. The molecular weight excluding hydrogens is 280 g/mol. The van der Waals surface area contributed by atoms with Gasteiger partial charge in [-0.3, -0.25) is 5.32 Å². The van der Waals surface area contributed by atoms with Crippen LogP contribution in [-0.4, -0.2) is 19.3 Å². The van der Waals surface area contributed by atoms with Gasteiger partial charge in [0.2, 0.25) is 0 Å². The number of nitrogens with one attached hydrogen (secondary N) is 1. The van der Waals surface area contributed by atoms with Crippen LogP contribution in [0.2, 0.25) is 0 Å². The highest BCUT2D eigenvalue weighted by Crippen LogP contribution is 2.23. The highest BCUT2D eigenvalue weighted by atomic mass is 79.9. The number of nitrogens with zero attached hydrogens (tertiary/aromatic N) is 1. The molecule has 1 fully saturated rings. The van der Waals surface area contributed by atoms with Crippen LogP contribution in [-0.2, 0) is 4.74 Å². The van der Waals surface area contributed by atoms with Gasteiger partial charge in [0, 0.05) is 17.6 Å². The van der Waals surface area contributed by atoms with E-state index in [-0.39, 0.29) is 12.1 Å². The average Bonchev–Trinajstić information content (AvgIpc) is 2.85. The molecule has 0 spiro atoms. The monoisotopic (exact) mass is 294 g/mol. The highest BCUT2D eigenvalue weighted by molar-refractivity contribution is 9.10. The smallest absolute Gasteiger partial charge is 0.122 e. The van der Waals surface area contributed by atoms with Gasteiger partial charge >= 0.3 is 0 Å². The second-order valence-corrected chi connectivity index (χ2v) is 4.98. The molecule has 2 rings (SSSR count). The molecule has 1 aromatic carbocycles. The number of nitriles is 1. The lowest BCUT2D eigenvalue weighted by Crippen LogP contribution is -2.29. The van der Waals surface area contributed by atoms with Gasteiger partial charge in [-0.25, -0.2) is 0 Å². The summed E-state index contributed by atoms with van der Waals surface area (Å²) in [6.07, 6.45) is 2.47. The Balaban J connectivity index is 1.97. The Morgan fingerprint density at radius 3 is 3.00 bits per heavy atom. The molecule has 0 aromatic heterocycles. The van der Waals surface area contributed by atoms with Crippen molar-refractivity contribution in [3.05, 3.63) is 34.3 Å². The lowest BCUT2D eigenvalue weighted by Gasteiger charge is -2.16. The van der Waals surface area contributed by atoms with Gasteiger partial charge in [0.05, 0.1) is 12.2 Å². The van der Waals surface area contributed by atoms with Gasteiger partial charge in [0.1, 0.15) is 6.04 Å². The molecule has 2 unspecified atom stereocenters. The van der Waals surface area contributed by atoms with Gasteiger partial charge in [-0.2, -0.15) is 5.26 Å². The quantitative estimate of drug-likeness (QED) is 0.929. The molecule has 0 aliphatic carbocycles. The van der Waals surface area contributed by atoms with E-state index in [9.17, 15) is 5.26 Å². The second-order valence-electron chi connectivity index (χ2n) is 4.13. The van der Waals surface area contributed by atoms with E-state index < -0.39 is 0 Å². The topological polar surface area (TPSA) is 45.0 Å². The zero-order valence-corrected chi connectivity index (χ0v) is 11.1. The van der Waals surface area contributed by atoms with E-state index in [1.807, 2.05) is 24.3 Å². The maximum absolute atomic E-state index is 9.20. The van der Waals surface area contributed by atoms with E-state index in [0.29, 0.717) is 0 Å². The number of benzene rings is 1. The number of halogens is 1. The van der Waals surface area contributed by atoms with Crippen molar-refractivity contribution in [1.82, 2.24) is 5.32 Å². The number of hydrogen-bond donors (Lipinski definition) is 1. The van der Waals surface area contributed by atoms with Crippen LogP contribution in [0, 0.1) is 11.3 Å². The van der Waals surface area contributed by atoms with E-state index in [1.165, 1.54) is 0 Å². The van der Waals surface area contributed by atoms with Gasteiger partial charge in [-0.1, -0.05) is 34.1 Å². The summed E-state index contributed by atoms with van der Waals surface area (Å²) in [6, 6.07) is 9.80. The lowest BCUT2D eigenvalue weighted by atomic mass is 10.1. The Labute approximate surface area is 110 Å². The molecule has 17 heavy (non-hydrogen) atoms. The predicted octanol–water partition coefficient (Wildman–Crippen LogP) is 2.78. The fourth-order valence-electron chi connectivity index (χ4n) is 1.99. The fraction of sp³-hybridized carbons (Fsp3) is 0.462. The van der Waals surface area contributed by atoms with E-state index >= 15 is 0 Å². The number of rotatable bonds is 4. The zero-order chi connectivity index (χ0) is 12.1. The number of ether oxygens (including phenoxy) is 1. The summed E-state index contributed by atoms with van der Waals surface area (Å²) in [4.78, 5) is 0. The first kappa shape index (κ1) is 12.6. The first-order valence-corrected chi connectivity index (χ1v) is 6.59. The van der Waals surface area contributed by atoms with Crippen molar-refractivity contribution in [1.29, 1.82) is 5.26 Å². The van der Waals surface area contributed by atoms with E-state index in [4.69, 9.17) is 4.74 Å². The average molecular weight is 295 g/mol. The maximum Gasteiger partial charge on any atom is 0.122 e. The van der Waals surface area contributed by atoms with Crippen LogP contribution in [0.25, 0.3) is 0 Å². The Kier molecular flexibility index (Phi) is 4.55. The van der Waals surface area contributed by atoms with Crippen LogP contribution < -0.4 is 5.32 Å². The van der Waals surface area contributed by atoms with Crippen molar-refractivity contribution >= 4 is 15.9 Å². The lowest BCUT2D eigenvalue weighted by molar-refractivity contribution is 0.109. The molecule has 0 radical (unpaired) electrons. The molecule has 3 nitrogen and oxygen atoms in total. The molecule has 4 heteroatoms. The van der Waals surface area contributed by atoms with Gasteiger partial charge < -0.3 is 4.74 Å². The van der Waals surface area contributed by atoms with Gasteiger partial charge in [-0.15, -0.1) is 0 Å². The summed E-state index contributed by atoms with van der Waals surface area (Å²) < 4.78 is 6.49. The summed E-state index contributed by atoms with van der Waals surface area (Å²) in [6.45, 7) is 1.58. The Morgan fingerprint density at radius 2 is 2.35 bits per heavy atom. The third-order valence-corrected chi connectivity index (χ3v) is 3.64. The van der Waals surface area contributed by atoms with Crippen molar-refractivity contribution in [2.75, 3.05) is 13.2 Å². The SMILES string of the molecule is N#CC(NCC1CCCO1)c1ccccc1Br. The van der Waals surface area contributed by atoms with Gasteiger partial charge in [-0.05, 0) is 24.5 Å². The third kappa shape index (κ3) is 3.29. The predicted molar refractivity (Wildman–Crippen MR) is 69.5 cm³/mol. The summed E-state index contributed by atoms with van der Waals surface area (Å²) in [5.74, 6) is 0. The van der Waals surface area contributed by atoms with E-state index in [1.54, 1.807) is 0 Å². The molecule has 1 aromatic rings. The summed E-state index contributed by atoms with van der Waals surface area (Å²) in [5, 5.41) is 12.5. The minimum Gasteiger partial charge on any atom is -0.377 e. The van der Waals surface area contributed by atoms with Gasteiger partial charge in [0.25, 0.3) is 0 Å². The standard InChI is InChI=1S/C13H15BrN2O/c14-12-6-2-1-5-11(12)13(8-15)16-9-10-4-3-7-17-10/h1-2,5-6,10,13,16H,3-4,7,9H2. The van der Waals surface area contributed by atoms with Crippen LogP contribution in [0.1, 0.15) is 24.4 Å². The Hall–Kier alpha value is -0.890. The fourth-order valence-corrected chi connectivity index (χ4v) is 2.50. The van der Waals surface area contributed by atoms with Crippen molar-refractivity contribution < 1.29 is 4.74 Å². The highest BCUT2D eigenvalue weighted by Gasteiger charge is 2.18. The largest absolute Gasteiger partial charge is 0.377 e. The summed E-state index contributed by atoms with van der Waals surface area (Å²) >= 11 is 3.47. The summed E-state index contributed by atoms with van der Waals surface area (Å²) in [7, 11) is 0. The van der Waals surface area contributed by atoms with Crippen molar-refractivity contribution in [3.8, 4) is 6.07 Å². The molecule has 1 saturated heterocycles.